The summed E-state index contributed by atoms with van der Waals surface area (Å²) < 4.78 is 10.7. The maximum absolute atomic E-state index is 5.40. The van der Waals surface area contributed by atoms with E-state index in [4.69, 9.17) is 9.47 Å². The molecule has 0 amide bonds. The molecule has 1 aromatic rings. The quantitative estimate of drug-likeness (QED) is 0.674. The van der Waals surface area contributed by atoms with Crippen molar-refractivity contribution in [3.63, 3.8) is 0 Å². The van der Waals surface area contributed by atoms with Crippen LogP contribution in [-0.2, 0) is 4.74 Å². The Hall–Kier alpha value is -1.20. The van der Waals surface area contributed by atoms with Crippen LogP contribution >= 0.6 is 0 Å². The fourth-order valence-electron chi connectivity index (χ4n) is 1.60. The lowest BCUT2D eigenvalue weighted by Crippen LogP contribution is -2.37. The Morgan fingerprint density at radius 3 is 2.81 bits per heavy atom. The van der Waals surface area contributed by atoms with Crippen molar-refractivity contribution in [3.8, 4) is 6.01 Å². The first-order chi connectivity index (χ1) is 7.95. The molecule has 0 aliphatic carbocycles. The summed E-state index contributed by atoms with van der Waals surface area (Å²) in [6.45, 7) is 5.44. The van der Waals surface area contributed by atoms with Crippen molar-refractivity contribution in [1.29, 1.82) is 0 Å². The summed E-state index contributed by atoms with van der Waals surface area (Å²) in [5.74, 6) is 0. The number of aromatic nitrogens is 2. The van der Waals surface area contributed by atoms with Crippen molar-refractivity contribution in [2.75, 3.05) is 39.5 Å². The fraction of sp³-hybridized carbons (Fsp3) is 0.636. The van der Waals surface area contributed by atoms with Crippen LogP contribution in [0.5, 0.6) is 6.01 Å². The molecule has 0 bridgehead atoms. The second-order valence-corrected chi connectivity index (χ2v) is 3.62. The highest BCUT2D eigenvalue weighted by molar-refractivity contribution is 4.91. The van der Waals surface area contributed by atoms with Gasteiger partial charge >= 0.3 is 6.01 Å². The van der Waals surface area contributed by atoms with Gasteiger partial charge in [0.1, 0.15) is 0 Å². The first-order valence-corrected chi connectivity index (χ1v) is 5.56. The van der Waals surface area contributed by atoms with Gasteiger partial charge in [0.05, 0.1) is 19.8 Å². The highest BCUT2D eigenvalue weighted by Crippen LogP contribution is 2.00. The van der Waals surface area contributed by atoms with Gasteiger partial charge in [-0.1, -0.05) is 0 Å². The maximum Gasteiger partial charge on any atom is 0.316 e. The van der Waals surface area contributed by atoms with E-state index >= 15 is 0 Å². The van der Waals surface area contributed by atoms with E-state index in [1.54, 1.807) is 12.4 Å². The van der Waals surface area contributed by atoms with E-state index in [1.165, 1.54) is 0 Å². The summed E-state index contributed by atoms with van der Waals surface area (Å²) in [5, 5.41) is 0. The van der Waals surface area contributed by atoms with E-state index in [1.807, 2.05) is 0 Å². The molecular weight excluding hydrogens is 206 g/mol. The summed E-state index contributed by atoms with van der Waals surface area (Å²) in [6, 6.07) is 3.18. The molecule has 1 aliphatic heterocycles. The molecule has 1 radical (unpaired) electrons. The van der Waals surface area contributed by atoms with Gasteiger partial charge in [-0.15, -0.1) is 0 Å². The lowest BCUT2D eigenvalue weighted by Gasteiger charge is -2.26. The highest BCUT2D eigenvalue weighted by Gasteiger charge is 2.09. The molecule has 5 heteroatoms. The monoisotopic (exact) mass is 222 g/mol. The number of ether oxygens (including phenoxy) is 2. The Balaban J connectivity index is 1.58. The van der Waals surface area contributed by atoms with Crippen LogP contribution in [0.4, 0.5) is 0 Å². The molecule has 1 aromatic heterocycles. The first kappa shape index (κ1) is 11.3. The molecule has 2 heterocycles. The van der Waals surface area contributed by atoms with Gasteiger partial charge in [0, 0.05) is 38.1 Å². The average molecular weight is 222 g/mol. The van der Waals surface area contributed by atoms with Gasteiger partial charge in [0.2, 0.25) is 0 Å². The Labute approximate surface area is 95.4 Å². The van der Waals surface area contributed by atoms with Crippen LogP contribution in [0.2, 0.25) is 0 Å². The van der Waals surface area contributed by atoms with Crippen LogP contribution in [0.3, 0.4) is 0 Å². The van der Waals surface area contributed by atoms with Gasteiger partial charge in [-0.05, 0) is 6.42 Å². The van der Waals surface area contributed by atoms with Gasteiger partial charge in [-0.25, -0.2) is 9.97 Å². The van der Waals surface area contributed by atoms with Crippen LogP contribution in [0, 0.1) is 6.07 Å². The van der Waals surface area contributed by atoms with E-state index in [0.29, 0.717) is 12.6 Å². The Bertz CT molecular complexity index is 289. The van der Waals surface area contributed by atoms with Crippen LogP contribution < -0.4 is 4.74 Å². The third-order valence-electron chi connectivity index (χ3n) is 2.45. The van der Waals surface area contributed by atoms with Crippen molar-refractivity contribution in [3.05, 3.63) is 18.5 Å². The standard InChI is InChI=1S/C11H16N3O2/c1-3-12-11(13-4-1)16-8-2-5-14-6-9-15-10-7-14/h3-4H,2,5-10H2. The molecule has 0 aromatic carbocycles. The van der Waals surface area contributed by atoms with E-state index in [9.17, 15) is 0 Å². The first-order valence-electron chi connectivity index (χ1n) is 5.56. The number of hydrogen-bond acceptors (Lipinski definition) is 5. The molecule has 16 heavy (non-hydrogen) atoms. The second-order valence-electron chi connectivity index (χ2n) is 3.62. The lowest BCUT2D eigenvalue weighted by molar-refractivity contribution is 0.0356. The molecule has 1 aliphatic rings. The topological polar surface area (TPSA) is 47.5 Å². The normalized spacial score (nSPS) is 17.2. The fourth-order valence-corrected chi connectivity index (χ4v) is 1.60. The third-order valence-corrected chi connectivity index (χ3v) is 2.45. The van der Waals surface area contributed by atoms with Gasteiger partial charge in [-0.2, -0.15) is 0 Å². The van der Waals surface area contributed by atoms with Crippen molar-refractivity contribution in [2.45, 2.75) is 6.42 Å². The molecule has 1 saturated heterocycles. The van der Waals surface area contributed by atoms with Crippen LogP contribution in [0.15, 0.2) is 12.4 Å². The SMILES string of the molecule is [c]1cnc(OCCCN2CCOCC2)nc1. The summed E-state index contributed by atoms with van der Waals surface area (Å²) in [7, 11) is 0. The Kier molecular flexibility index (Phi) is 4.51. The van der Waals surface area contributed by atoms with E-state index in [0.717, 1.165) is 39.3 Å². The zero-order valence-corrected chi connectivity index (χ0v) is 9.26. The van der Waals surface area contributed by atoms with Crippen molar-refractivity contribution >= 4 is 0 Å². The minimum atomic E-state index is 0.431. The summed E-state index contributed by atoms with van der Waals surface area (Å²) in [6.07, 6.45) is 4.11. The Morgan fingerprint density at radius 2 is 2.06 bits per heavy atom. The number of rotatable bonds is 5. The summed E-state index contributed by atoms with van der Waals surface area (Å²) in [5.41, 5.74) is 0. The Morgan fingerprint density at radius 1 is 1.31 bits per heavy atom. The van der Waals surface area contributed by atoms with Crippen molar-refractivity contribution < 1.29 is 9.47 Å². The zero-order chi connectivity index (χ0) is 11.1. The number of nitrogens with zero attached hydrogens (tertiary/aromatic N) is 3. The van der Waals surface area contributed by atoms with Crippen molar-refractivity contribution in [1.82, 2.24) is 14.9 Å². The minimum Gasteiger partial charge on any atom is -0.463 e. The van der Waals surface area contributed by atoms with Gasteiger partial charge in [-0.3, -0.25) is 4.90 Å². The van der Waals surface area contributed by atoms with E-state index in [2.05, 4.69) is 20.9 Å². The largest absolute Gasteiger partial charge is 0.463 e. The predicted molar refractivity (Wildman–Crippen MR) is 58.2 cm³/mol. The predicted octanol–water partition coefficient (Wildman–Crippen LogP) is 0.378. The minimum absolute atomic E-state index is 0.431. The van der Waals surface area contributed by atoms with Crippen LogP contribution in [0.1, 0.15) is 6.42 Å². The van der Waals surface area contributed by atoms with Gasteiger partial charge < -0.3 is 9.47 Å². The molecule has 0 unspecified atom stereocenters. The average Bonchev–Trinajstić information content (AvgIpc) is 2.37. The highest BCUT2D eigenvalue weighted by atomic mass is 16.5. The summed E-state index contributed by atoms with van der Waals surface area (Å²) >= 11 is 0. The summed E-state index contributed by atoms with van der Waals surface area (Å²) in [4.78, 5) is 10.3. The second kappa shape index (κ2) is 6.40. The molecular formula is C11H16N3O2. The van der Waals surface area contributed by atoms with Gasteiger partial charge in [0.25, 0.3) is 0 Å². The molecule has 5 nitrogen and oxygen atoms in total. The van der Waals surface area contributed by atoms with Crippen LogP contribution in [0.25, 0.3) is 0 Å². The maximum atomic E-state index is 5.40. The van der Waals surface area contributed by atoms with E-state index < -0.39 is 0 Å². The third kappa shape index (κ3) is 3.75. The molecule has 0 saturated carbocycles. The molecule has 1 fully saturated rings. The molecule has 87 valence electrons. The smallest absolute Gasteiger partial charge is 0.316 e. The molecule has 0 atom stereocenters. The number of hydrogen-bond donors (Lipinski definition) is 0. The van der Waals surface area contributed by atoms with Crippen molar-refractivity contribution in [2.24, 2.45) is 0 Å². The number of morpholine rings is 1. The molecule has 0 N–H and O–H groups in total. The molecule has 2 rings (SSSR count). The zero-order valence-electron chi connectivity index (χ0n) is 9.26. The molecule has 0 spiro atoms. The van der Waals surface area contributed by atoms with E-state index in [-0.39, 0.29) is 0 Å². The lowest BCUT2D eigenvalue weighted by atomic mass is 10.3. The van der Waals surface area contributed by atoms with Gasteiger partial charge in [0.15, 0.2) is 0 Å². The van der Waals surface area contributed by atoms with Crippen LogP contribution in [-0.4, -0.2) is 54.3 Å².